The molecule has 0 saturated heterocycles. The molecule has 2 aliphatic heterocycles. The van der Waals surface area contributed by atoms with Gasteiger partial charge >= 0.3 is 0 Å². The van der Waals surface area contributed by atoms with Gasteiger partial charge in [-0.05, 0) is 115 Å². The predicted molar refractivity (Wildman–Crippen MR) is 274 cm³/mol. The first-order chi connectivity index (χ1) is 30.6. The van der Waals surface area contributed by atoms with Gasteiger partial charge in [0, 0.05) is 62.1 Å². The SMILES string of the molecule is Cn1c2ccccc2c2c(-n3c4ccc(C(C)(C)C)cc4c4cc(C(C)(C)C)ccc43)cc3c(c21)B1c2ccc4ccccc4c2Oc2cccc(c21)N3c1ccc(C(C)(C)C)cc1. The lowest BCUT2D eigenvalue weighted by molar-refractivity contribution is 0.493. The topological polar surface area (TPSA) is 22.3 Å². The summed E-state index contributed by atoms with van der Waals surface area (Å²) >= 11 is 0. The summed E-state index contributed by atoms with van der Waals surface area (Å²) < 4.78 is 12.2. The van der Waals surface area contributed by atoms with Gasteiger partial charge in [-0.2, -0.15) is 0 Å². The van der Waals surface area contributed by atoms with E-state index in [1.165, 1.54) is 93.5 Å². The van der Waals surface area contributed by atoms with Crippen LogP contribution in [-0.2, 0) is 23.3 Å². The fourth-order valence-corrected chi connectivity index (χ4v) is 11.0. The molecule has 10 aromatic rings. The Hall–Kier alpha value is -6.72. The van der Waals surface area contributed by atoms with Crippen LogP contribution in [0, 0.1) is 0 Å². The number of benzene rings is 8. The summed E-state index contributed by atoms with van der Waals surface area (Å²) in [7, 11) is 2.27. The second-order valence-electron chi connectivity index (χ2n) is 21.5. The lowest BCUT2D eigenvalue weighted by atomic mass is 9.33. The molecule has 0 fully saturated rings. The summed E-state index contributed by atoms with van der Waals surface area (Å²) in [5, 5.41) is 7.39. The van der Waals surface area contributed by atoms with E-state index in [-0.39, 0.29) is 23.0 Å². The Balaban J connectivity index is 1.27. The molecule has 0 atom stereocenters. The molecule has 4 nitrogen and oxygen atoms in total. The van der Waals surface area contributed by atoms with E-state index in [1.807, 2.05) is 0 Å². The molecule has 8 aromatic carbocycles. The minimum Gasteiger partial charge on any atom is -0.458 e. The number of hydrogen-bond donors (Lipinski definition) is 0. The highest BCUT2D eigenvalue weighted by Crippen LogP contribution is 2.48. The van der Waals surface area contributed by atoms with Crippen molar-refractivity contribution in [3.63, 3.8) is 0 Å². The fraction of sp³-hybridized carbons (Fsp3) is 0.220. The van der Waals surface area contributed by atoms with Crippen LogP contribution >= 0.6 is 0 Å². The van der Waals surface area contributed by atoms with Crippen LogP contribution in [0.1, 0.15) is 79.0 Å². The highest BCUT2D eigenvalue weighted by Gasteiger charge is 2.45. The van der Waals surface area contributed by atoms with Crippen molar-refractivity contribution < 1.29 is 4.74 Å². The average molecular weight is 832 g/mol. The molecule has 0 bridgehead atoms. The molecule has 0 spiro atoms. The summed E-state index contributed by atoms with van der Waals surface area (Å²) in [6.45, 7) is 20.7. The third kappa shape index (κ3) is 5.49. The zero-order chi connectivity index (χ0) is 44.2. The van der Waals surface area contributed by atoms with Gasteiger partial charge in [0.15, 0.2) is 0 Å². The van der Waals surface area contributed by atoms with Crippen LogP contribution < -0.4 is 26.0 Å². The van der Waals surface area contributed by atoms with E-state index in [0.29, 0.717) is 0 Å². The normalized spacial score (nSPS) is 13.8. The maximum Gasteiger partial charge on any atom is 0.259 e. The monoisotopic (exact) mass is 831 g/mol. The number of aryl methyl sites for hydroxylation is 1. The van der Waals surface area contributed by atoms with Crippen molar-refractivity contribution >= 4 is 94.5 Å². The van der Waals surface area contributed by atoms with Crippen LogP contribution in [0.5, 0.6) is 11.5 Å². The first-order valence-corrected chi connectivity index (χ1v) is 22.9. The van der Waals surface area contributed by atoms with Crippen molar-refractivity contribution in [3.8, 4) is 17.2 Å². The van der Waals surface area contributed by atoms with Crippen molar-refractivity contribution in [1.82, 2.24) is 9.13 Å². The van der Waals surface area contributed by atoms with Gasteiger partial charge in [0.25, 0.3) is 6.71 Å². The molecular weight excluding hydrogens is 777 g/mol. The molecule has 314 valence electrons. The van der Waals surface area contributed by atoms with E-state index < -0.39 is 0 Å². The van der Waals surface area contributed by atoms with E-state index >= 15 is 0 Å². The fourth-order valence-electron chi connectivity index (χ4n) is 11.0. The molecule has 0 aliphatic carbocycles. The zero-order valence-corrected chi connectivity index (χ0v) is 38.7. The highest BCUT2D eigenvalue weighted by molar-refractivity contribution is 7.00. The van der Waals surface area contributed by atoms with Gasteiger partial charge in [0.2, 0.25) is 0 Å². The molecule has 2 aliphatic rings. The summed E-state index contributed by atoms with van der Waals surface area (Å²) in [6, 6.07) is 55.1. The molecule has 64 heavy (non-hydrogen) atoms. The molecular formula is C59H54BN3O. The molecule has 0 radical (unpaired) electrons. The van der Waals surface area contributed by atoms with Gasteiger partial charge in [-0.1, -0.05) is 147 Å². The third-order valence-electron chi connectivity index (χ3n) is 14.4. The van der Waals surface area contributed by atoms with Crippen molar-refractivity contribution in [1.29, 1.82) is 0 Å². The van der Waals surface area contributed by atoms with Gasteiger partial charge in [-0.15, -0.1) is 0 Å². The van der Waals surface area contributed by atoms with E-state index in [4.69, 9.17) is 4.74 Å². The molecule has 0 N–H and O–H groups in total. The van der Waals surface area contributed by atoms with Crippen molar-refractivity contribution in [2.45, 2.75) is 78.6 Å². The van der Waals surface area contributed by atoms with Crippen LogP contribution in [0.2, 0.25) is 0 Å². The van der Waals surface area contributed by atoms with Crippen molar-refractivity contribution in [3.05, 3.63) is 162 Å². The summed E-state index contributed by atoms with van der Waals surface area (Å²) in [5.74, 6) is 1.86. The predicted octanol–water partition coefficient (Wildman–Crippen LogP) is 13.9. The Kier molecular flexibility index (Phi) is 8.01. The standard InChI is InChI=1S/C59H54BN3O/c1-57(2,3)36-23-27-39(28-24-36)62-48-20-15-21-51-53(48)60(44-29-22-35-16-11-12-17-40(35)56(44)64-51)54-50(62)34-49(52-41-18-13-14-19-45(41)61(10)55(52)54)63-46-30-25-37(58(4,5)6)32-42(46)43-33-38(59(7,8)9)26-31-47(43)63/h11-34H,1-10H3. The Labute approximate surface area is 376 Å². The van der Waals surface area contributed by atoms with Crippen LogP contribution in [0.4, 0.5) is 17.1 Å². The van der Waals surface area contributed by atoms with Crippen LogP contribution in [0.15, 0.2) is 146 Å². The minimum absolute atomic E-state index is 0.000415. The number of nitrogens with zero attached hydrogens (tertiary/aromatic N) is 3. The number of hydrogen-bond acceptors (Lipinski definition) is 2. The Morgan fingerprint density at radius 3 is 1.73 bits per heavy atom. The van der Waals surface area contributed by atoms with E-state index in [0.717, 1.165) is 28.3 Å². The summed E-state index contributed by atoms with van der Waals surface area (Å²) in [6.07, 6.45) is 0. The first-order valence-electron chi connectivity index (χ1n) is 22.9. The smallest absolute Gasteiger partial charge is 0.259 e. The molecule has 0 saturated carbocycles. The van der Waals surface area contributed by atoms with Gasteiger partial charge < -0.3 is 18.8 Å². The Bertz CT molecular complexity index is 3530. The lowest BCUT2D eigenvalue weighted by Gasteiger charge is -2.41. The Morgan fingerprint density at radius 1 is 0.469 bits per heavy atom. The van der Waals surface area contributed by atoms with Crippen LogP contribution in [0.25, 0.3) is 60.1 Å². The number of rotatable bonds is 2. The zero-order valence-electron chi connectivity index (χ0n) is 38.7. The first kappa shape index (κ1) is 38.9. The molecule has 2 aromatic heterocycles. The molecule has 12 rings (SSSR count). The third-order valence-corrected chi connectivity index (χ3v) is 14.4. The van der Waals surface area contributed by atoms with Gasteiger partial charge in [-0.25, -0.2) is 0 Å². The maximum absolute atomic E-state index is 7.11. The van der Waals surface area contributed by atoms with Gasteiger partial charge in [-0.3, -0.25) is 0 Å². The second-order valence-corrected chi connectivity index (χ2v) is 21.5. The van der Waals surface area contributed by atoms with Gasteiger partial charge in [0.05, 0.1) is 16.7 Å². The van der Waals surface area contributed by atoms with Crippen molar-refractivity contribution in [2.75, 3.05) is 4.90 Å². The molecule has 4 heterocycles. The van der Waals surface area contributed by atoms with Crippen LogP contribution in [0.3, 0.4) is 0 Å². The van der Waals surface area contributed by atoms with Crippen LogP contribution in [-0.4, -0.2) is 15.8 Å². The van der Waals surface area contributed by atoms with E-state index in [1.54, 1.807) is 0 Å². The second kappa shape index (κ2) is 13.2. The summed E-state index contributed by atoms with van der Waals surface area (Å²) in [5.41, 5.74) is 17.2. The maximum atomic E-state index is 7.11. The average Bonchev–Trinajstić information content (AvgIpc) is 3.76. The molecule has 5 heteroatoms. The number of ether oxygens (including phenoxy) is 1. The van der Waals surface area contributed by atoms with Crippen molar-refractivity contribution in [2.24, 2.45) is 7.05 Å². The number of anilines is 3. The number of para-hydroxylation sites is 1. The quantitative estimate of drug-likeness (QED) is 0.162. The largest absolute Gasteiger partial charge is 0.458 e. The Morgan fingerprint density at radius 2 is 1.08 bits per heavy atom. The van der Waals surface area contributed by atoms with E-state index in [2.05, 4.69) is 229 Å². The highest BCUT2D eigenvalue weighted by atomic mass is 16.5. The number of fused-ring (bicyclic) bond motifs is 13. The lowest BCUT2D eigenvalue weighted by Crippen LogP contribution is -2.60. The van der Waals surface area contributed by atoms with Gasteiger partial charge in [0.1, 0.15) is 11.5 Å². The van der Waals surface area contributed by atoms with E-state index in [9.17, 15) is 0 Å². The molecule has 0 unspecified atom stereocenters. The minimum atomic E-state index is -0.0824. The summed E-state index contributed by atoms with van der Waals surface area (Å²) in [4.78, 5) is 2.52. The number of aromatic nitrogens is 2. The molecule has 0 amide bonds.